The lowest BCUT2D eigenvalue weighted by Gasteiger charge is -2.13. The highest BCUT2D eigenvalue weighted by Gasteiger charge is 2.22. The molecule has 0 radical (unpaired) electrons. The minimum atomic E-state index is -2.50. The molecule has 0 saturated carbocycles. The fourth-order valence-corrected chi connectivity index (χ4v) is 2.99. The molecule has 7 heteroatoms. The SMILES string of the molecule is CCCN1Cc2cccc(NC(=O)c3ccn(CC(F)F)n3)c2C1. The second-order valence-corrected chi connectivity index (χ2v) is 5.92. The van der Waals surface area contributed by atoms with E-state index in [0.29, 0.717) is 0 Å². The average Bonchev–Trinajstić information content (AvgIpc) is 3.14. The van der Waals surface area contributed by atoms with Crippen molar-refractivity contribution in [2.75, 3.05) is 11.9 Å². The van der Waals surface area contributed by atoms with Gasteiger partial charge in [-0.15, -0.1) is 0 Å². The lowest BCUT2D eigenvalue weighted by molar-refractivity contribution is 0.101. The maximum atomic E-state index is 12.4. The quantitative estimate of drug-likeness (QED) is 0.883. The minimum Gasteiger partial charge on any atom is -0.320 e. The van der Waals surface area contributed by atoms with Crippen molar-refractivity contribution in [1.29, 1.82) is 0 Å². The molecule has 24 heavy (non-hydrogen) atoms. The standard InChI is InChI=1S/C17H20F2N4O/c1-2-7-22-9-12-4-3-5-14(13(12)10-22)20-17(24)15-6-8-23(21-15)11-16(18)19/h3-6,8,16H,2,7,9-11H2,1H3,(H,20,24). The molecule has 1 N–H and O–H groups in total. The Kier molecular flexibility index (Phi) is 4.89. The molecule has 0 bridgehead atoms. The van der Waals surface area contributed by atoms with Gasteiger partial charge in [0.05, 0.1) is 0 Å². The zero-order valence-corrected chi connectivity index (χ0v) is 13.5. The predicted octanol–water partition coefficient (Wildman–Crippen LogP) is 3.13. The first-order valence-corrected chi connectivity index (χ1v) is 8.03. The molecule has 1 aliphatic rings. The van der Waals surface area contributed by atoms with Gasteiger partial charge in [0, 0.05) is 25.0 Å². The van der Waals surface area contributed by atoms with E-state index in [1.54, 1.807) is 0 Å². The van der Waals surface area contributed by atoms with Gasteiger partial charge >= 0.3 is 0 Å². The maximum Gasteiger partial charge on any atom is 0.276 e. The Hall–Kier alpha value is -2.28. The zero-order chi connectivity index (χ0) is 17.1. The van der Waals surface area contributed by atoms with Gasteiger partial charge in [0.1, 0.15) is 6.54 Å². The number of halogens is 2. The average molecular weight is 334 g/mol. The van der Waals surface area contributed by atoms with Crippen molar-refractivity contribution < 1.29 is 13.6 Å². The zero-order valence-electron chi connectivity index (χ0n) is 13.5. The van der Waals surface area contributed by atoms with Crippen LogP contribution in [0.3, 0.4) is 0 Å². The Morgan fingerprint density at radius 2 is 2.17 bits per heavy atom. The summed E-state index contributed by atoms with van der Waals surface area (Å²) in [4.78, 5) is 14.7. The van der Waals surface area contributed by atoms with Crippen LogP contribution in [0.4, 0.5) is 14.5 Å². The fraction of sp³-hybridized carbons (Fsp3) is 0.412. The van der Waals surface area contributed by atoms with Gasteiger partial charge in [-0.2, -0.15) is 5.10 Å². The van der Waals surface area contributed by atoms with Crippen molar-refractivity contribution in [1.82, 2.24) is 14.7 Å². The first-order chi connectivity index (χ1) is 11.6. The fourth-order valence-electron chi connectivity index (χ4n) is 2.99. The number of amides is 1. The summed E-state index contributed by atoms with van der Waals surface area (Å²) in [5.41, 5.74) is 3.23. The molecule has 0 aliphatic carbocycles. The summed E-state index contributed by atoms with van der Waals surface area (Å²) < 4.78 is 25.8. The van der Waals surface area contributed by atoms with Gasteiger partial charge in [-0.1, -0.05) is 19.1 Å². The molecule has 0 fully saturated rings. The number of anilines is 1. The summed E-state index contributed by atoms with van der Waals surface area (Å²) in [6.45, 7) is 4.33. The molecule has 0 unspecified atom stereocenters. The van der Waals surface area contributed by atoms with E-state index >= 15 is 0 Å². The largest absolute Gasteiger partial charge is 0.320 e. The normalized spacial score (nSPS) is 14.2. The van der Waals surface area contributed by atoms with Crippen LogP contribution in [0.5, 0.6) is 0 Å². The number of benzene rings is 1. The van der Waals surface area contributed by atoms with Crippen LogP contribution in [0, 0.1) is 0 Å². The number of rotatable bonds is 6. The van der Waals surface area contributed by atoms with Crippen LogP contribution in [-0.2, 0) is 19.6 Å². The summed E-state index contributed by atoms with van der Waals surface area (Å²) in [5.74, 6) is -0.384. The lowest BCUT2D eigenvalue weighted by atomic mass is 10.1. The topological polar surface area (TPSA) is 50.2 Å². The monoisotopic (exact) mass is 334 g/mol. The minimum absolute atomic E-state index is 0.136. The van der Waals surface area contributed by atoms with Gasteiger partial charge in [-0.05, 0) is 36.2 Å². The third-order valence-electron chi connectivity index (χ3n) is 4.04. The van der Waals surface area contributed by atoms with E-state index in [4.69, 9.17) is 0 Å². The Labute approximate surface area is 139 Å². The summed E-state index contributed by atoms with van der Waals surface area (Å²) in [6, 6.07) is 7.30. The highest BCUT2D eigenvalue weighted by molar-refractivity contribution is 6.03. The van der Waals surface area contributed by atoms with Gasteiger partial charge in [-0.25, -0.2) is 8.78 Å². The lowest BCUT2D eigenvalue weighted by Crippen LogP contribution is -2.18. The number of nitrogens with one attached hydrogen (secondary N) is 1. The number of carbonyl (C=O) groups excluding carboxylic acids is 1. The second kappa shape index (κ2) is 7.09. The number of hydrogen-bond acceptors (Lipinski definition) is 3. The number of carbonyl (C=O) groups is 1. The molecule has 2 aromatic rings. The highest BCUT2D eigenvalue weighted by Crippen LogP contribution is 2.29. The highest BCUT2D eigenvalue weighted by atomic mass is 19.3. The summed E-state index contributed by atoms with van der Waals surface area (Å²) in [5, 5.41) is 6.76. The number of hydrogen-bond donors (Lipinski definition) is 1. The Bertz CT molecular complexity index is 729. The first-order valence-electron chi connectivity index (χ1n) is 8.03. The Morgan fingerprint density at radius 3 is 2.92 bits per heavy atom. The second-order valence-electron chi connectivity index (χ2n) is 5.92. The number of aromatic nitrogens is 2. The number of alkyl halides is 2. The Morgan fingerprint density at radius 1 is 1.33 bits per heavy atom. The third-order valence-corrected chi connectivity index (χ3v) is 4.04. The van der Waals surface area contributed by atoms with Crippen LogP contribution >= 0.6 is 0 Å². The van der Waals surface area contributed by atoms with E-state index in [1.165, 1.54) is 17.8 Å². The van der Waals surface area contributed by atoms with Gasteiger partial charge in [0.25, 0.3) is 12.3 Å². The molecule has 128 valence electrons. The first kappa shape index (κ1) is 16.6. The van der Waals surface area contributed by atoms with Gasteiger partial charge in [-0.3, -0.25) is 14.4 Å². The van der Waals surface area contributed by atoms with Crippen LogP contribution in [0.25, 0.3) is 0 Å². The van der Waals surface area contributed by atoms with E-state index < -0.39 is 13.0 Å². The van der Waals surface area contributed by atoms with Gasteiger partial charge in [0.2, 0.25) is 0 Å². The van der Waals surface area contributed by atoms with E-state index in [-0.39, 0.29) is 11.6 Å². The molecule has 0 atom stereocenters. The number of nitrogens with zero attached hydrogens (tertiary/aromatic N) is 3. The molecule has 1 aliphatic heterocycles. The van der Waals surface area contributed by atoms with Crippen molar-refractivity contribution in [3.8, 4) is 0 Å². The van der Waals surface area contributed by atoms with Gasteiger partial charge < -0.3 is 5.32 Å². The molecule has 3 rings (SSSR count). The smallest absolute Gasteiger partial charge is 0.276 e. The van der Waals surface area contributed by atoms with Crippen molar-refractivity contribution in [3.05, 3.63) is 47.3 Å². The van der Waals surface area contributed by atoms with Crippen LogP contribution in [0.15, 0.2) is 30.5 Å². The predicted molar refractivity (Wildman–Crippen MR) is 87.0 cm³/mol. The van der Waals surface area contributed by atoms with E-state index in [0.717, 1.165) is 42.0 Å². The van der Waals surface area contributed by atoms with E-state index in [9.17, 15) is 13.6 Å². The Balaban J connectivity index is 1.72. The van der Waals surface area contributed by atoms with Crippen molar-refractivity contribution in [2.24, 2.45) is 0 Å². The molecular formula is C17H20F2N4O. The van der Waals surface area contributed by atoms with Crippen molar-refractivity contribution in [2.45, 2.75) is 39.4 Å². The molecular weight excluding hydrogens is 314 g/mol. The van der Waals surface area contributed by atoms with Crippen molar-refractivity contribution in [3.63, 3.8) is 0 Å². The maximum absolute atomic E-state index is 12.4. The van der Waals surface area contributed by atoms with E-state index in [1.807, 2.05) is 12.1 Å². The van der Waals surface area contributed by atoms with Crippen LogP contribution in [0.1, 0.15) is 35.0 Å². The molecule has 5 nitrogen and oxygen atoms in total. The van der Waals surface area contributed by atoms with Crippen LogP contribution < -0.4 is 5.32 Å². The van der Waals surface area contributed by atoms with Gasteiger partial charge in [0.15, 0.2) is 5.69 Å². The van der Waals surface area contributed by atoms with E-state index in [2.05, 4.69) is 28.3 Å². The molecule has 1 amide bonds. The number of fused-ring (bicyclic) bond motifs is 1. The summed E-state index contributed by atoms with van der Waals surface area (Å²) in [7, 11) is 0. The molecule has 1 aromatic heterocycles. The molecule has 0 spiro atoms. The molecule has 0 saturated heterocycles. The van der Waals surface area contributed by atoms with Crippen molar-refractivity contribution >= 4 is 11.6 Å². The molecule has 2 heterocycles. The summed E-state index contributed by atoms with van der Waals surface area (Å²) in [6.07, 6.45) is -0.0285. The summed E-state index contributed by atoms with van der Waals surface area (Å²) >= 11 is 0. The van der Waals surface area contributed by atoms with Crippen LogP contribution in [0.2, 0.25) is 0 Å². The molecule has 1 aromatic carbocycles. The van der Waals surface area contributed by atoms with Crippen LogP contribution in [-0.4, -0.2) is 33.6 Å². The third kappa shape index (κ3) is 3.62.